The van der Waals surface area contributed by atoms with E-state index in [0.717, 1.165) is 22.4 Å². The topological polar surface area (TPSA) is 85.8 Å². The number of nitrogens with zero attached hydrogens (tertiary/aromatic N) is 3. The first kappa shape index (κ1) is 18.8. The van der Waals surface area contributed by atoms with E-state index in [0.29, 0.717) is 18.0 Å². The summed E-state index contributed by atoms with van der Waals surface area (Å²) in [5.41, 5.74) is 9.09. The maximum Gasteiger partial charge on any atom is 0.252 e. The normalized spacial score (nSPS) is 16.3. The number of aryl methyl sites for hydroxylation is 1. The predicted molar refractivity (Wildman–Crippen MR) is 104 cm³/mol. The summed E-state index contributed by atoms with van der Waals surface area (Å²) in [5.74, 6) is 0.694. The van der Waals surface area contributed by atoms with E-state index in [1.807, 2.05) is 17.7 Å². The van der Waals surface area contributed by atoms with Gasteiger partial charge in [-0.25, -0.2) is 9.67 Å². The van der Waals surface area contributed by atoms with Gasteiger partial charge in [0, 0.05) is 18.3 Å². The van der Waals surface area contributed by atoms with E-state index in [4.69, 9.17) is 10.7 Å². The second-order valence-corrected chi connectivity index (χ2v) is 8.83. The van der Waals surface area contributed by atoms with Crippen molar-refractivity contribution >= 4 is 16.9 Å². The van der Waals surface area contributed by atoms with Crippen LogP contribution in [0.15, 0.2) is 6.07 Å². The van der Waals surface area contributed by atoms with Crippen molar-refractivity contribution in [1.82, 2.24) is 20.1 Å². The van der Waals surface area contributed by atoms with Crippen LogP contribution in [0.1, 0.15) is 75.1 Å². The molecule has 1 amide bonds. The molecule has 1 aliphatic carbocycles. The molecule has 26 heavy (non-hydrogen) atoms. The smallest absolute Gasteiger partial charge is 0.252 e. The van der Waals surface area contributed by atoms with E-state index in [-0.39, 0.29) is 23.4 Å². The van der Waals surface area contributed by atoms with E-state index >= 15 is 0 Å². The van der Waals surface area contributed by atoms with Gasteiger partial charge in [-0.2, -0.15) is 5.10 Å². The Morgan fingerprint density at radius 3 is 2.58 bits per heavy atom. The van der Waals surface area contributed by atoms with Crippen molar-refractivity contribution < 1.29 is 4.79 Å². The van der Waals surface area contributed by atoms with Gasteiger partial charge < -0.3 is 11.1 Å². The van der Waals surface area contributed by atoms with Crippen LogP contribution in [-0.4, -0.2) is 33.3 Å². The van der Waals surface area contributed by atoms with Crippen LogP contribution in [0.5, 0.6) is 0 Å². The number of nitrogens with one attached hydrogen (secondary N) is 1. The minimum absolute atomic E-state index is 0.0410. The number of carbonyl (C=O) groups excluding carboxylic acids is 1. The quantitative estimate of drug-likeness (QED) is 0.861. The number of pyridine rings is 1. The zero-order chi connectivity index (χ0) is 19.2. The van der Waals surface area contributed by atoms with Gasteiger partial charge in [-0.15, -0.1) is 0 Å². The van der Waals surface area contributed by atoms with Gasteiger partial charge in [0.05, 0.1) is 22.2 Å². The van der Waals surface area contributed by atoms with E-state index in [9.17, 15) is 4.79 Å². The number of rotatable bonds is 5. The summed E-state index contributed by atoms with van der Waals surface area (Å²) < 4.78 is 1.93. The largest absolute Gasteiger partial charge is 0.350 e. The Morgan fingerprint density at radius 2 is 2.04 bits per heavy atom. The fraction of sp³-hybridized carbons (Fsp3) is 0.650. The van der Waals surface area contributed by atoms with Gasteiger partial charge in [0.15, 0.2) is 5.65 Å². The highest BCUT2D eigenvalue weighted by Gasteiger charge is 2.29. The fourth-order valence-electron chi connectivity index (χ4n) is 3.25. The van der Waals surface area contributed by atoms with Crippen LogP contribution < -0.4 is 11.1 Å². The maximum absolute atomic E-state index is 13.0. The molecular formula is C20H31N5O. The number of hydrogen-bond acceptors (Lipinski definition) is 4. The van der Waals surface area contributed by atoms with Crippen LogP contribution in [0.4, 0.5) is 0 Å². The molecule has 0 spiro atoms. The molecule has 0 radical (unpaired) electrons. The van der Waals surface area contributed by atoms with Crippen LogP contribution >= 0.6 is 0 Å². The Hall–Kier alpha value is -1.95. The molecule has 6 heteroatoms. The van der Waals surface area contributed by atoms with Gasteiger partial charge in [0.2, 0.25) is 0 Å². The van der Waals surface area contributed by atoms with E-state index < -0.39 is 0 Å². The van der Waals surface area contributed by atoms with Gasteiger partial charge in [0.1, 0.15) is 0 Å². The second kappa shape index (κ2) is 6.65. The molecule has 0 saturated heterocycles. The number of nitrogens with two attached hydrogens (primary N) is 1. The lowest BCUT2D eigenvalue weighted by Crippen LogP contribution is -2.38. The molecule has 2 heterocycles. The molecule has 2 aromatic rings. The summed E-state index contributed by atoms with van der Waals surface area (Å²) in [5, 5.41) is 8.55. The molecule has 1 saturated carbocycles. The molecule has 1 unspecified atom stereocenters. The monoisotopic (exact) mass is 357 g/mol. The Balaban J connectivity index is 2.04. The Kier molecular flexibility index (Phi) is 4.82. The number of amides is 1. The molecular weight excluding hydrogens is 326 g/mol. The third-order valence-corrected chi connectivity index (χ3v) is 5.03. The van der Waals surface area contributed by atoms with Crippen LogP contribution in [0, 0.1) is 12.8 Å². The number of fused-ring (bicyclic) bond motifs is 1. The highest BCUT2D eigenvalue weighted by molar-refractivity contribution is 6.06. The first-order valence-electron chi connectivity index (χ1n) is 9.54. The fourth-order valence-corrected chi connectivity index (χ4v) is 3.25. The molecule has 2 aromatic heterocycles. The van der Waals surface area contributed by atoms with Gasteiger partial charge in [0.25, 0.3) is 5.91 Å². The molecule has 1 fully saturated rings. The van der Waals surface area contributed by atoms with Crippen molar-refractivity contribution in [2.45, 2.75) is 71.9 Å². The van der Waals surface area contributed by atoms with Crippen molar-refractivity contribution in [3.63, 3.8) is 0 Å². The highest BCUT2D eigenvalue weighted by Crippen LogP contribution is 2.31. The molecule has 1 aliphatic rings. The minimum Gasteiger partial charge on any atom is -0.350 e. The van der Waals surface area contributed by atoms with Crippen molar-refractivity contribution in [2.24, 2.45) is 11.7 Å². The van der Waals surface area contributed by atoms with Crippen molar-refractivity contribution in [2.75, 3.05) is 6.54 Å². The summed E-state index contributed by atoms with van der Waals surface area (Å²) in [7, 11) is 0. The summed E-state index contributed by atoms with van der Waals surface area (Å²) in [6.07, 6.45) is 2.34. The SMILES string of the molecule is Cc1nn(C(C)(C)C)c2nc(C(C)C)cc(C(=O)NCC(N)C3CC3)c12. The van der Waals surface area contributed by atoms with Crippen molar-refractivity contribution in [1.29, 1.82) is 0 Å². The van der Waals surface area contributed by atoms with Crippen molar-refractivity contribution in [3.8, 4) is 0 Å². The van der Waals surface area contributed by atoms with E-state index in [1.54, 1.807) is 0 Å². The van der Waals surface area contributed by atoms with Crippen molar-refractivity contribution in [3.05, 3.63) is 23.0 Å². The lowest BCUT2D eigenvalue weighted by Gasteiger charge is -2.20. The maximum atomic E-state index is 13.0. The van der Waals surface area contributed by atoms with Gasteiger partial charge in [-0.1, -0.05) is 13.8 Å². The van der Waals surface area contributed by atoms with E-state index in [1.165, 1.54) is 12.8 Å². The van der Waals surface area contributed by atoms with Crippen LogP contribution in [0.25, 0.3) is 11.0 Å². The highest BCUT2D eigenvalue weighted by atomic mass is 16.1. The standard InChI is InChI=1S/C20H31N5O/c1-11(2)16-9-14(19(26)22-10-15(21)13-7-8-13)17-12(3)24-25(18(17)23-16)20(4,5)6/h9,11,13,15H,7-8,10,21H2,1-6H3,(H,22,26). The molecule has 142 valence electrons. The molecule has 0 aliphatic heterocycles. The zero-order valence-corrected chi connectivity index (χ0v) is 16.8. The Bertz CT molecular complexity index is 827. The number of hydrogen-bond donors (Lipinski definition) is 2. The summed E-state index contributed by atoms with van der Waals surface area (Å²) >= 11 is 0. The zero-order valence-electron chi connectivity index (χ0n) is 16.8. The number of carbonyl (C=O) groups is 1. The molecule has 3 N–H and O–H groups in total. The molecule has 1 atom stereocenters. The Morgan fingerprint density at radius 1 is 1.38 bits per heavy atom. The average Bonchev–Trinajstić information content (AvgIpc) is 3.34. The third-order valence-electron chi connectivity index (χ3n) is 5.03. The lowest BCUT2D eigenvalue weighted by atomic mass is 10.0. The van der Waals surface area contributed by atoms with Gasteiger partial charge in [-0.05, 0) is 58.4 Å². The Labute approximate surface area is 155 Å². The first-order valence-corrected chi connectivity index (χ1v) is 9.54. The van der Waals surface area contributed by atoms with Crippen LogP contribution in [0.2, 0.25) is 0 Å². The summed E-state index contributed by atoms with van der Waals surface area (Å²) in [4.78, 5) is 17.8. The first-order chi connectivity index (χ1) is 12.1. The van der Waals surface area contributed by atoms with E-state index in [2.05, 4.69) is 45.0 Å². The molecule has 0 bridgehead atoms. The van der Waals surface area contributed by atoms with Gasteiger partial charge in [-0.3, -0.25) is 4.79 Å². The predicted octanol–water partition coefficient (Wildman–Crippen LogP) is 3.09. The molecule has 0 aromatic carbocycles. The average molecular weight is 358 g/mol. The third kappa shape index (κ3) is 3.61. The van der Waals surface area contributed by atoms with Crippen LogP contribution in [0.3, 0.4) is 0 Å². The lowest BCUT2D eigenvalue weighted by molar-refractivity contribution is 0.0951. The van der Waals surface area contributed by atoms with Crippen LogP contribution in [-0.2, 0) is 5.54 Å². The molecule has 6 nitrogen and oxygen atoms in total. The molecule has 3 rings (SSSR count). The second-order valence-electron chi connectivity index (χ2n) is 8.83. The summed E-state index contributed by atoms with van der Waals surface area (Å²) in [6, 6.07) is 1.95. The number of aromatic nitrogens is 3. The van der Waals surface area contributed by atoms with Gasteiger partial charge >= 0.3 is 0 Å². The summed E-state index contributed by atoms with van der Waals surface area (Å²) in [6.45, 7) is 12.9. The minimum atomic E-state index is -0.211.